The maximum absolute atomic E-state index is 9.46. The highest BCUT2D eigenvalue weighted by Crippen LogP contribution is 2.46. The van der Waals surface area contributed by atoms with Crippen LogP contribution in [0.25, 0.3) is 0 Å². The van der Waals surface area contributed by atoms with E-state index in [1.165, 1.54) is 0 Å². The lowest BCUT2D eigenvalue weighted by atomic mass is 10.4. The van der Waals surface area contributed by atoms with Crippen molar-refractivity contribution in [3.63, 3.8) is 0 Å². The van der Waals surface area contributed by atoms with Gasteiger partial charge in [-0.05, 0) is 18.4 Å². The predicted octanol–water partition coefficient (Wildman–Crippen LogP) is 2.74. The van der Waals surface area contributed by atoms with Crippen molar-refractivity contribution in [3.8, 4) is 0 Å². The average Bonchev–Trinajstić information content (AvgIpc) is 1.88. The Morgan fingerprint density at radius 3 is 2.10 bits per heavy atom. The molecule has 0 aliphatic rings. The van der Waals surface area contributed by atoms with Gasteiger partial charge in [-0.15, -0.1) is 10.3 Å². The van der Waals surface area contributed by atoms with E-state index >= 15 is 0 Å². The van der Waals surface area contributed by atoms with E-state index in [1.54, 1.807) is 6.26 Å². The maximum Gasteiger partial charge on any atom is 0.0126 e. The molecule has 1 unspecified atom stereocenters. The van der Waals surface area contributed by atoms with E-state index in [2.05, 4.69) is 6.26 Å². The molecule has 1 atom stereocenters. The highest BCUT2D eigenvalue weighted by molar-refractivity contribution is 8.29. The third-order valence-corrected chi connectivity index (χ3v) is 2.54. The van der Waals surface area contributed by atoms with Crippen LogP contribution >= 0.6 is 10.3 Å². The quantitative estimate of drug-likeness (QED) is 0.661. The topological polar surface area (TPSA) is 20.2 Å². The van der Waals surface area contributed by atoms with Gasteiger partial charge < -0.3 is 4.55 Å². The first-order valence-corrected chi connectivity index (χ1v) is 5.16. The van der Waals surface area contributed by atoms with Gasteiger partial charge in [0.15, 0.2) is 0 Å². The van der Waals surface area contributed by atoms with Crippen LogP contribution in [0.3, 0.4) is 0 Å². The van der Waals surface area contributed by atoms with Crippen LogP contribution in [0.1, 0.15) is 0 Å². The number of rotatable bonds is 1. The summed E-state index contributed by atoms with van der Waals surface area (Å²) in [6.07, 6.45) is 5.43. The van der Waals surface area contributed by atoms with Crippen LogP contribution in [0.2, 0.25) is 0 Å². The van der Waals surface area contributed by atoms with Crippen LogP contribution < -0.4 is 0 Å². The van der Waals surface area contributed by atoms with Crippen LogP contribution in [0, 0.1) is 6.26 Å². The van der Waals surface area contributed by atoms with Gasteiger partial charge in [0.05, 0.1) is 0 Å². The van der Waals surface area contributed by atoms with Gasteiger partial charge in [-0.1, -0.05) is 18.2 Å². The Kier molecular flexibility index (Phi) is 2.02. The van der Waals surface area contributed by atoms with Crippen molar-refractivity contribution in [2.45, 2.75) is 4.90 Å². The Labute approximate surface area is 63.2 Å². The predicted molar refractivity (Wildman–Crippen MR) is 46.2 cm³/mol. The SMILES string of the molecule is [CH2]S(C)(O)c1ccccc1. The van der Waals surface area contributed by atoms with Gasteiger partial charge in [0.1, 0.15) is 0 Å². The Morgan fingerprint density at radius 2 is 1.80 bits per heavy atom. The molecule has 1 N–H and O–H groups in total. The minimum atomic E-state index is -1.75. The molecule has 0 aromatic heterocycles. The molecule has 1 nitrogen and oxygen atoms in total. The van der Waals surface area contributed by atoms with Crippen molar-refractivity contribution in [3.05, 3.63) is 36.6 Å². The molecule has 1 aromatic carbocycles. The fourth-order valence-electron chi connectivity index (χ4n) is 0.714. The monoisotopic (exact) mass is 155 g/mol. The van der Waals surface area contributed by atoms with Gasteiger partial charge in [0, 0.05) is 11.2 Å². The van der Waals surface area contributed by atoms with Gasteiger partial charge in [-0.2, -0.15) is 0 Å². The molecular weight excluding hydrogens is 144 g/mol. The molecule has 1 rings (SSSR count). The van der Waals surface area contributed by atoms with E-state index < -0.39 is 10.3 Å². The van der Waals surface area contributed by atoms with E-state index in [-0.39, 0.29) is 0 Å². The largest absolute Gasteiger partial charge is 0.347 e. The first kappa shape index (κ1) is 7.63. The van der Waals surface area contributed by atoms with Gasteiger partial charge in [0.25, 0.3) is 0 Å². The van der Waals surface area contributed by atoms with E-state index in [0.29, 0.717) is 0 Å². The summed E-state index contributed by atoms with van der Waals surface area (Å²) in [5.41, 5.74) is 0. The summed E-state index contributed by atoms with van der Waals surface area (Å²) in [5.74, 6) is 0. The molecule has 0 saturated heterocycles. The van der Waals surface area contributed by atoms with Crippen LogP contribution in [0.15, 0.2) is 35.2 Å². The molecule has 0 saturated carbocycles. The lowest BCUT2D eigenvalue weighted by Crippen LogP contribution is -1.89. The zero-order valence-electron chi connectivity index (χ0n) is 5.95. The fourth-order valence-corrected chi connectivity index (χ4v) is 1.46. The molecule has 1 aromatic rings. The third-order valence-electron chi connectivity index (χ3n) is 1.25. The molecule has 0 aliphatic heterocycles. The van der Waals surface area contributed by atoms with Crippen LogP contribution in [-0.4, -0.2) is 10.8 Å². The minimum absolute atomic E-state index is 0.926. The average molecular weight is 155 g/mol. The molecular formula is C8H11OS. The first-order chi connectivity index (χ1) is 4.61. The standard InChI is InChI=1S/C8H11OS/c1-10(2,9)8-6-4-3-5-7-8/h3-7,9H,1H2,2H3. The molecule has 0 bridgehead atoms. The molecule has 2 heteroatoms. The zero-order valence-corrected chi connectivity index (χ0v) is 6.77. The van der Waals surface area contributed by atoms with Crippen molar-refractivity contribution in [2.75, 3.05) is 6.26 Å². The molecule has 0 aliphatic carbocycles. The number of benzene rings is 1. The van der Waals surface area contributed by atoms with Gasteiger partial charge >= 0.3 is 0 Å². The van der Waals surface area contributed by atoms with Gasteiger partial charge in [0.2, 0.25) is 0 Å². The summed E-state index contributed by atoms with van der Waals surface area (Å²) in [6.45, 7) is 0. The number of hydrogen-bond acceptors (Lipinski definition) is 1. The summed E-state index contributed by atoms with van der Waals surface area (Å²) in [5, 5.41) is 0. The molecule has 1 radical (unpaired) electrons. The summed E-state index contributed by atoms with van der Waals surface area (Å²) in [7, 11) is -1.75. The Morgan fingerprint density at radius 1 is 1.30 bits per heavy atom. The Balaban J connectivity index is 2.97. The minimum Gasteiger partial charge on any atom is -0.347 e. The fraction of sp³-hybridized carbons (Fsp3) is 0.125. The normalized spacial score (nSPS) is 13.1. The second-order valence-electron chi connectivity index (χ2n) is 2.35. The highest BCUT2D eigenvalue weighted by Gasteiger charge is 2.07. The van der Waals surface area contributed by atoms with Crippen molar-refractivity contribution in [1.29, 1.82) is 0 Å². The third kappa shape index (κ3) is 1.75. The number of hydrogen-bond donors (Lipinski definition) is 1. The van der Waals surface area contributed by atoms with Crippen molar-refractivity contribution >= 4 is 10.3 Å². The lowest BCUT2D eigenvalue weighted by molar-refractivity contribution is 0.640. The molecule has 0 fully saturated rings. The van der Waals surface area contributed by atoms with E-state index in [0.717, 1.165) is 4.90 Å². The highest BCUT2D eigenvalue weighted by atomic mass is 32.3. The van der Waals surface area contributed by atoms with Crippen LogP contribution in [-0.2, 0) is 0 Å². The maximum atomic E-state index is 9.46. The summed E-state index contributed by atoms with van der Waals surface area (Å²) in [4.78, 5) is 0.926. The van der Waals surface area contributed by atoms with Crippen molar-refractivity contribution in [2.24, 2.45) is 0 Å². The van der Waals surface area contributed by atoms with Crippen molar-refractivity contribution in [1.82, 2.24) is 0 Å². The zero-order chi connectivity index (χ0) is 7.61. The second kappa shape index (κ2) is 2.64. The molecule has 0 amide bonds. The molecule has 0 spiro atoms. The van der Waals surface area contributed by atoms with Crippen LogP contribution in [0.5, 0.6) is 0 Å². The molecule has 10 heavy (non-hydrogen) atoms. The van der Waals surface area contributed by atoms with Gasteiger partial charge in [-0.25, -0.2) is 0 Å². The summed E-state index contributed by atoms with van der Waals surface area (Å²) >= 11 is 0. The summed E-state index contributed by atoms with van der Waals surface area (Å²) < 4.78 is 9.46. The molecule has 55 valence electrons. The van der Waals surface area contributed by atoms with E-state index in [4.69, 9.17) is 0 Å². The summed E-state index contributed by atoms with van der Waals surface area (Å²) in [6, 6.07) is 9.52. The first-order valence-electron chi connectivity index (χ1n) is 2.99. The van der Waals surface area contributed by atoms with E-state index in [1.807, 2.05) is 30.3 Å². The van der Waals surface area contributed by atoms with Crippen molar-refractivity contribution < 1.29 is 4.55 Å². The van der Waals surface area contributed by atoms with E-state index in [9.17, 15) is 4.55 Å². The second-order valence-corrected chi connectivity index (χ2v) is 4.90. The van der Waals surface area contributed by atoms with Crippen LogP contribution in [0.4, 0.5) is 0 Å². The Bertz CT molecular complexity index is 200. The van der Waals surface area contributed by atoms with Gasteiger partial charge in [-0.3, -0.25) is 0 Å². The molecule has 0 heterocycles. The lowest BCUT2D eigenvalue weighted by Gasteiger charge is -2.22. The Hall–Kier alpha value is -0.470. The smallest absolute Gasteiger partial charge is 0.0126 e.